The van der Waals surface area contributed by atoms with Crippen LogP contribution in [0.3, 0.4) is 0 Å². The second-order valence-corrected chi connectivity index (χ2v) is 7.77. The third-order valence-electron chi connectivity index (χ3n) is 5.52. The van der Waals surface area contributed by atoms with Gasteiger partial charge in [-0.25, -0.2) is 9.97 Å². The SMILES string of the molecule is N=C(N)c1ccc(-c2ccc(OC[C@@H]3C[C@@H](CC(=O)O)C(=O)N3c3ncccn3)cc2)cc1. The molecular formula is C24H23N5O4. The van der Waals surface area contributed by atoms with Crippen molar-refractivity contribution in [3.8, 4) is 16.9 Å². The fraction of sp³-hybridized carbons (Fsp3) is 0.208. The van der Waals surface area contributed by atoms with E-state index in [-0.39, 0.29) is 36.8 Å². The van der Waals surface area contributed by atoms with Crippen molar-refractivity contribution in [1.29, 1.82) is 5.41 Å². The maximum absolute atomic E-state index is 12.8. The average molecular weight is 445 g/mol. The van der Waals surface area contributed by atoms with E-state index < -0.39 is 11.9 Å². The molecule has 1 saturated heterocycles. The number of aliphatic carboxylic acids is 1. The lowest BCUT2D eigenvalue weighted by Crippen LogP contribution is -2.38. The van der Waals surface area contributed by atoms with Crippen LogP contribution in [0.4, 0.5) is 5.95 Å². The first kappa shape index (κ1) is 21.9. The van der Waals surface area contributed by atoms with Crippen LogP contribution in [0.1, 0.15) is 18.4 Å². The lowest BCUT2D eigenvalue weighted by atomic mass is 10.0. The number of carbonyl (C=O) groups excluding carboxylic acids is 1. The number of rotatable bonds is 8. The second kappa shape index (κ2) is 9.47. The maximum atomic E-state index is 12.8. The molecule has 0 unspecified atom stereocenters. The Morgan fingerprint density at radius 3 is 2.27 bits per heavy atom. The van der Waals surface area contributed by atoms with E-state index in [0.717, 1.165) is 11.1 Å². The van der Waals surface area contributed by atoms with Crippen molar-refractivity contribution in [2.45, 2.75) is 18.9 Å². The van der Waals surface area contributed by atoms with Gasteiger partial charge >= 0.3 is 5.97 Å². The minimum atomic E-state index is -1.02. The molecule has 2 aromatic carbocycles. The van der Waals surface area contributed by atoms with Crippen LogP contribution < -0.4 is 15.4 Å². The van der Waals surface area contributed by atoms with Gasteiger partial charge < -0.3 is 15.6 Å². The van der Waals surface area contributed by atoms with Crippen molar-refractivity contribution in [2.24, 2.45) is 11.7 Å². The normalized spacial score (nSPS) is 17.7. The molecule has 0 radical (unpaired) electrons. The molecule has 9 nitrogen and oxygen atoms in total. The Morgan fingerprint density at radius 1 is 1.09 bits per heavy atom. The Labute approximate surface area is 190 Å². The van der Waals surface area contributed by atoms with Crippen LogP contribution >= 0.6 is 0 Å². The molecule has 2 atom stereocenters. The standard InChI is InChI=1S/C24H23N5O4/c25-22(26)17-4-2-15(3-5-17)16-6-8-20(9-7-16)33-14-19-12-18(13-21(30)31)23(32)29(19)24-27-10-1-11-28-24/h1-11,18-19H,12-14H2,(H3,25,26)(H,30,31)/t18-,19-/m0/s1. The number of benzene rings is 2. The Bertz CT molecular complexity index is 1150. The summed E-state index contributed by atoms with van der Waals surface area (Å²) in [5, 5.41) is 16.6. The average Bonchev–Trinajstić information content (AvgIpc) is 3.13. The topological polar surface area (TPSA) is 142 Å². The van der Waals surface area contributed by atoms with E-state index >= 15 is 0 Å². The highest BCUT2D eigenvalue weighted by Gasteiger charge is 2.42. The number of aromatic nitrogens is 2. The minimum Gasteiger partial charge on any atom is -0.491 e. The Hall–Kier alpha value is -4.27. The summed E-state index contributed by atoms with van der Waals surface area (Å²) in [7, 11) is 0. The summed E-state index contributed by atoms with van der Waals surface area (Å²) in [5.74, 6) is -1.07. The molecule has 1 aliphatic heterocycles. The number of carboxylic acids is 1. The number of hydrogen-bond donors (Lipinski definition) is 3. The Balaban J connectivity index is 1.46. The molecule has 1 amide bonds. The van der Waals surface area contributed by atoms with Gasteiger partial charge in [-0.3, -0.25) is 19.9 Å². The van der Waals surface area contributed by atoms with Crippen LogP contribution in [-0.4, -0.2) is 45.4 Å². The summed E-state index contributed by atoms with van der Waals surface area (Å²) in [6.45, 7) is 0.187. The van der Waals surface area contributed by atoms with Crippen LogP contribution in [-0.2, 0) is 9.59 Å². The molecule has 4 N–H and O–H groups in total. The zero-order chi connectivity index (χ0) is 23.4. The summed E-state index contributed by atoms with van der Waals surface area (Å²) >= 11 is 0. The number of ether oxygens (including phenoxy) is 1. The van der Waals surface area contributed by atoms with E-state index in [9.17, 15) is 9.59 Å². The van der Waals surface area contributed by atoms with Crippen molar-refractivity contribution in [3.63, 3.8) is 0 Å². The van der Waals surface area contributed by atoms with E-state index in [1.807, 2.05) is 36.4 Å². The summed E-state index contributed by atoms with van der Waals surface area (Å²) in [6.07, 6.45) is 3.19. The van der Waals surface area contributed by atoms with E-state index in [2.05, 4.69) is 9.97 Å². The molecule has 3 aromatic rings. The number of carbonyl (C=O) groups is 2. The minimum absolute atomic E-state index is 0.0243. The van der Waals surface area contributed by atoms with Crippen molar-refractivity contribution >= 4 is 23.7 Å². The molecule has 1 fully saturated rings. The molecule has 0 aliphatic carbocycles. The molecule has 0 saturated carbocycles. The van der Waals surface area contributed by atoms with Gasteiger partial charge in [0.15, 0.2) is 0 Å². The smallest absolute Gasteiger partial charge is 0.304 e. The number of anilines is 1. The molecule has 33 heavy (non-hydrogen) atoms. The predicted octanol–water partition coefficient (Wildman–Crippen LogP) is 2.70. The molecule has 4 rings (SSSR count). The molecule has 168 valence electrons. The number of nitrogens with two attached hydrogens (primary N) is 1. The molecule has 0 spiro atoms. The largest absolute Gasteiger partial charge is 0.491 e. The van der Waals surface area contributed by atoms with Gasteiger partial charge in [0.25, 0.3) is 0 Å². The fourth-order valence-electron chi connectivity index (χ4n) is 3.89. The van der Waals surface area contributed by atoms with Crippen molar-refractivity contribution in [3.05, 3.63) is 72.6 Å². The zero-order valence-corrected chi connectivity index (χ0v) is 17.7. The summed E-state index contributed by atoms with van der Waals surface area (Å²) in [4.78, 5) is 33.8. The van der Waals surface area contributed by atoms with Gasteiger partial charge in [0.05, 0.1) is 18.4 Å². The van der Waals surface area contributed by atoms with Gasteiger partial charge in [0.2, 0.25) is 11.9 Å². The first-order chi connectivity index (χ1) is 15.9. The third-order valence-corrected chi connectivity index (χ3v) is 5.52. The lowest BCUT2D eigenvalue weighted by Gasteiger charge is -2.22. The van der Waals surface area contributed by atoms with Gasteiger partial charge in [0.1, 0.15) is 18.2 Å². The third kappa shape index (κ3) is 4.98. The van der Waals surface area contributed by atoms with E-state index in [0.29, 0.717) is 17.7 Å². The summed E-state index contributed by atoms with van der Waals surface area (Å²) in [6, 6.07) is 16.2. The number of amidine groups is 1. The predicted molar refractivity (Wildman–Crippen MR) is 122 cm³/mol. The molecule has 0 bridgehead atoms. The van der Waals surface area contributed by atoms with E-state index in [1.54, 1.807) is 30.6 Å². The number of carboxylic acid groups (broad SMARTS) is 1. The number of nitrogen functional groups attached to an aromatic ring is 1. The zero-order valence-electron chi connectivity index (χ0n) is 17.7. The second-order valence-electron chi connectivity index (χ2n) is 7.77. The fourth-order valence-corrected chi connectivity index (χ4v) is 3.89. The van der Waals surface area contributed by atoms with Crippen LogP contribution in [0.2, 0.25) is 0 Å². The van der Waals surface area contributed by atoms with E-state index in [1.165, 1.54) is 4.90 Å². The quantitative estimate of drug-likeness (QED) is 0.357. The number of nitrogens with one attached hydrogen (secondary N) is 1. The van der Waals surface area contributed by atoms with Gasteiger partial charge in [0, 0.05) is 18.0 Å². The van der Waals surface area contributed by atoms with Gasteiger partial charge in [-0.05, 0) is 35.7 Å². The molecule has 9 heteroatoms. The van der Waals surface area contributed by atoms with Gasteiger partial charge in [-0.1, -0.05) is 36.4 Å². The van der Waals surface area contributed by atoms with E-state index in [4.69, 9.17) is 21.0 Å². The first-order valence-corrected chi connectivity index (χ1v) is 10.4. The van der Waals surface area contributed by atoms with Crippen LogP contribution in [0.25, 0.3) is 11.1 Å². The van der Waals surface area contributed by atoms with Crippen LogP contribution in [0.5, 0.6) is 5.75 Å². The van der Waals surface area contributed by atoms with Crippen LogP contribution in [0, 0.1) is 11.3 Å². The summed E-state index contributed by atoms with van der Waals surface area (Å²) in [5.41, 5.74) is 8.13. The number of hydrogen-bond acceptors (Lipinski definition) is 6. The highest BCUT2D eigenvalue weighted by molar-refractivity contribution is 5.98. The lowest BCUT2D eigenvalue weighted by molar-refractivity contribution is -0.140. The monoisotopic (exact) mass is 445 g/mol. The highest BCUT2D eigenvalue weighted by Crippen LogP contribution is 2.31. The Kier molecular flexibility index (Phi) is 6.30. The van der Waals surface area contributed by atoms with Crippen molar-refractivity contribution in [2.75, 3.05) is 11.5 Å². The Morgan fingerprint density at radius 2 is 1.70 bits per heavy atom. The van der Waals surface area contributed by atoms with Crippen molar-refractivity contribution < 1.29 is 19.4 Å². The first-order valence-electron chi connectivity index (χ1n) is 10.4. The summed E-state index contributed by atoms with van der Waals surface area (Å²) < 4.78 is 5.94. The molecule has 1 aliphatic rings. The van der Waals surface area contributed by atoms with Gasteiger partial charge in [-0.2, -0.15) is 0 Å². The maximum Gasteiger partial charge on any atom is 0.304 e. The van der Waals surface area contributed by atoms with Crippen molar-refractivity contribution in [1.82, 2.24) is 9.97 Å². The van der Waals surface area contributed by atoms with Crippen LogP contribution in [0.15, 0.2) is 67.0 Å². The number of amides is 1. The van der Waals surface area contributed by atoms with Gasteiger partial charge in [-0.15, -0.1) is 0 Å². The molecule has 2 heterocycles. The molecule has 1 aromatic heterocycles. The number of nitrogens with zero attached hydrogens (tertiary/aromatic N) is 3. The molecular weight excluding hydrogens is 422 g/mol. The highest BCUT2D eigenvalue weighted by atomic mass is 16.5.